The van der Waals surface area contributed by atoms with Crippen LogP contribution in [-0.4, -0.2) is 36.6 Å². The van der Waals surface area contributed by atoms with E-state index in [2.05, 4.69) is 15.3 Å². The lowest BCUT2D eigenvalue weighted by Crippen LogP contribution is -2.33. The monoisotopic (exact) mass is 268 g/mol. The summed E-state index contributed by atoms with van der Waals surface area (Å²) >= 11 is 0. The number of hydrogen-bond donors (Lipinski definition) is 2. The molecule has 0 radical (unpaired) electrons. The first-order valence-corrected chi connectivity index (χ1v) is 5.99. The van der Waals surface area contributed by atoms with Gasteiger partial charge >= 0.3 is 0 Å². The summed E-state index contributed by atoms with van der Waals surface area (Å²) in [4.78, 5) is 20.1. The molecule has 1 heterocycles. The van der Waals surface area contributed by atoms with Crippen LogP contribution in [0.25, 0.3) is 0 Å². The Kier molecular flexibility index (Phi) is 5.50. The van der Waals surface area contributed by atoms with Gasteiger partial charge in [-0.3, -0.25) is 10.1 Å². The van der Waals surface area contributed by atoms with Crippen LogP contribution < -0.4 is 20.5 Å². The first-order chi connectivity index (χ1) is 9.01. The van der Waals surface area contributed by atoms with Gasteiger partial charge in [-0.1, -0.05) is 13.8 Å². The molecule has 1 atom stereocenters. The quantitative estimate of drug-likeness (QED) is 0.786. The molecule has 1 aromatic rings. The van der Waals surface area contributed by atoms with Crippen LogP contribution in [0.15, 0.2) is 6.07 Å². The van der Waals surface area contributed by atoms with E-state index >= 15 is 0 Å². The molecule has 0 aliphatic rings. The van der Waals surface area contributed by atoms with Gasteiger partial charge in [0.1, 0.15) is 0 Å². The Morgan fingerprint density at radius 3 is 2.21 bits per heavy atom. The molecule has 106 valence electrons. The lowest BCUT2D eigenvalue weighted by Gasteiger charge is -2.17. The van der Waals surface area contributed by atoms with E-state index in [-0.39, 0.29) is 30.2 Å². The summed E-state index contributed by atoms with van der Waals surface area (Å²) in [6.45, 7) is 4.14. The lowest BCUT2D eigenvalue weighted by molar-refractivity contribution is -0.120. The molecule has 0 saturated carbocycles. The second-order valence-corrected chi connectivity index (χ2v) is 4.35. The molecule has 19 heavy (non-hydrogen) atoms. The van der Waals surface area contributed by atoms with E-state index in [1.165, 1.54) is 20.3 Å². The zero-order chi connectivity index (χ0) is 14.4. The predicted molar refractivity (Wildman–Crippen MR) is 71.1 cm³/mol. The largest absolute Gasteiger partial charge is 0.481 e. The van der Waals surface area contributed by atoms with Crippen molar-refractivity contribution in [3.63, 3.8) is 0 Å². The third-order valence-corrected chi connectivity index (χ3v) is 2.73. The SMILES string of the molecule is COc1cc(OC)nc(NC(=O)C(CN)C(C)C)n1. The van der Waals surface area contributed by atoms with Gasteiger partial charge in [0.25, 0.3) is 0 Å². The second-order valence-electron chi connectivity index (χ2n) is 4.35. The van der Waals surface area contributed by atoms with Gasteiger partial charge < -0.3 is 15.2 Å². The third kappa shape index (κ3) is 4.06. The Morgan fingerprint density at radius 1 is 1.32 bits per heavy atom. The van der Waals surface area contributed by atoms with Gasteiger partial charge in [0.2, 0.25) is 23.6 Å². The van der Waals surface area contributed by atoms with Crippen LogP contribution in [0.3, 0.4) is 0 Å². The minimum Gasteiger partial charge on any atom is -0.481 e. The van der Waals surface area contributed by atoms with Crippen LogP contribution >= 0.6 is 0 Å². The Hall–Kier alpha value is -1.89. The van der Waals surface area contributed by atoms with Crippen LogP contribution in [0.1, 0.15) is 13.8 Å². The lowest BCUT2D eigenvalue weighted by atomic mass is 9.95. The van der Waals surface area contributed by atoms with Crippen LogP contribution in [0.4, 0.5) is 5.95 Å². The Labute approximate surface area is 112 Å². The summed E-state index contributed by atoms with van der Waals surface area (Å²) in [6, 6.07) is 1.53. The summed E-state index contributed by atoms with van der Waals surface area (Å²) in [6.07, 6.45) is 0. The summed E-state index contributed by atoms with van der Waals surface area (Å²) in [7, 11) is 2.95. The fraction of sp³-hybridized carbons (Fsp3) is 0.583. The number of anilines is 1. The molecule has 0 aliphatic carbocycles. The number of carbonyl (C=O) groups is 1. The maximum absolute atomic E-state index is 12.0. The first-order valence-electron chi connectivity index (χ1n) is 5.99. The Balaban J connectivity index is 2.89. The van der Waals surface area contributed by atoms with Crippen LogP contribution in [0.2, 0.25) is 0 Å². The zero-order valence-corrected chi connectivity index (χ0v) is 11.6. The molecule has 1 amide bonds. The van der Waals surface area contributed by atoms with Gasteiger partial charge in [0, 0.05) is 6.54 Å². The molecule has 0 fully saturated rings. The van der Waals surface area contributed by atoms with E-state index in [9.17, 15) is 4.79 Å². The molecule has 0 spiro atoms. The van der Waals surface area contributed by atoms with Crippen molar-refractivity contribution in [1.82, 2.24) is 9.97 Å². The van der Waals surface area contributed by atoms with Crippen molar-refractivity contribution in [1.29, 1.82) is 0 Å². The van der Waals surface area contributed by atoms with Crippen molar-refractivity contribution >= 4 is 11.9 Å². The Morgan fingerprint density at radius 2 is 1.84 bits per heavy atom. The number of nitrogens with one attached hydrogen (secondary N) is 1. The Bertz CT molecular complexity index is 415. The van der Waals surface area contributed by atoms with E-state index in [1.807, 2.05) is 13.8 Å². The summed E-state index contributed by atoms with van der Waals surface area (Å²) in [5, 5.41) is 2.62. The van der Waals surface area contributed by atoms with Crippen molar-refractivity contribution < 1.29 is 14.3 Å². The predicted octanol–water partition coefficient (Wildman–Crippen LogP) is 0.663. The minimum atomic E-state index is -0.291. The number of hydrogen-bond acceptors (Lipinski definition) is 6. The van der Waals surface area contributed by atoms with E-state index in [4.69, 9.17) is 15.2 Å². The van der Waals surface area contributed by atoms with Crippen molar-refractivity contribution in [3.05, 3.63) is 6.07 Å². The number of rotatable bonds is 6. The molecular weight excluding hydrogens is 248 g/mol. The third-order valence-electron chi connectivity index (χ3n) is 2.73. The molecule has 7 nitrogen and oxygen atoms in total. The average Bonchev–Trinajstić information content (AvgIpc) is 2.38. The maximum atomic E-state index is 12.0. The van der Waals surface area contributed by atoms with Crippen molar-refractivity contribution in [2.24, 2.45) is 17.6 Å². The van der Waals surface area contributed by atoms with E-state index in [0.29, 0.717) is 11.8 Å². The second kappa shape index (κ2) is 6.89. The van der Waals surface area contributed by atoms with Gasteiger partial charge in [-0.15, -0.1) is 0 Å². The fourth-order valence-electron chi connectivity index (χ4n) is 1.55. The summed E-state index contributed by atoms with van der Waals surface area (Å²) < 4.78 is 10.0. The first kappa shape index (κ1) is 15.2. The molecule has 0 aromatic carbocycles. The molecule has 3 N–H and O–H groups in total. The molecule has 0 saturated heterocycles. The number of amides is 1. The molecular formula is C12H20N4O3. The highest BCUT2D eigenvalue weighted by atomic mass is 16.5. The topological polar surface area (TPSA) is 99.4 Å². The van der Waals surface area contributed by atoms with E-state index in [0.717, 1.165) is 0 Å². The highest BCUT2D eigenvalue weighted by Crippen LogP contribution is 2.18. The van der Waals surface area contributed by atoms with Crippen molar-refractivity contribution in [2.75, 3.05) is 26.1 Å². The number of nitrogens with zero attached hydrogens (tertiary/aromatic N) is 2. The molecule has 1 aromatic heterocycles. The van der Waals surface area contributed by atoms with Gasteiger partial charge in [-0.05, 0) is 5.92 Å². The normalized spacial score (nSPS) is 12.1. The van der Waals surface area contributed by atoms with Crippen molar-refractivity contribution in [3.8, 4) is 11.8 Å². The van der Waals surface area contributed by atoms with Crippen LogP contribution in [0.5, 0.6) is 11.8 Å². The number of aromatic nitrogens is 2. The highest BCUT2D eigenvalue weighted by Gasteiger charge is 2.21. The van der Waals surface area contributed by atoms with Gasteiger partial charge in [0.05, 0.1) is 26.2 Å². The van der Waals surface area contributed by atoms with E-state index in [1.54, 1.807) is 0 Å². The smallest absolute Gasteiger partial charge is 0.236 e. The molecule has 7 heteroatoms. The van der Waals surface area contributed by atoms with Gasteiger partial charge in [-0.2, -0.15) is 9.97 Å². The average molecular weight is 268 g/mol. The fourth-order valence-corrected chi connectivity index (χ4v) is 1.55. The molecule has 0 bridgehead atoms. The number of carbonyl (C=O) groups excluding carboxylic acids is 1. The highest BCUT2D eigenvalue weighted by molar-refractivity contribution is 5.91. The number of ether oxygens (including phenoxy) is 2. The molecule has 0 aliphatic heterocycles. The number of methoxy groups -OCH3 is 2. The van der Waals surface area contributed by atoms with Gasteiger partial charge in [-0.25, -0.2) is 0 Å². The minimum absolute atomic E-state index is 0.137. The van der Waals surface area contributed by atoms with Crippen LogP contribution in [0, 0.1) is 11.8 Å². The van der Waals surface area contributed by atoms with E-state index < -0.39 is 0 Å². The van der Waals surface area contributed by atoms with Gasteiger partial charge in [0.15, 0.2) is 0 Å². The summed E-state index contributed by atoms with van der Waals surface area (Å²) in [5.41, 5.74) is 5.59. The molecule has 1 rings (SSSR count). The number of nitrogens with two attached hydrogens (primary N) is 1. The maximum Gasteiger partial charge on any atom is 0.236 e. The van der Waals surface area contributed by atoms with Crippen LogP contribution in [-0.2, 0) is 4.79 Å². The molecule has 1 unspecified atom stereocenters. The summed E-state index contributed by atoms with van der Waals surface area (Å²) in [5.74, 6) is 0.401. The standard InChI is InChI=1S/C12H20N4O3/c1-7(2)8(6-13)11(17)16-12-14-9(18-3)5-10(15-12)19-4/h5,7-8H,6,13H2,1-4H3,(H,14,15,16,17). The zero-order valence-electron chi connectivity index (χ0n) is 11.6. The van der Waals surface area contributed by atoms with Crippen molar-refractivity contribution in [2.45, 2.75) is 13.8 Å².